The van der Waals surface area contributed by atoms with E-state index in [1.807, 2.05) is 11.0 Å². The predicted molar refractivity (Wildman–Crippen MR) is 104 cm³/mol. The molecule has 3 rings (SSSR count). The molecule has 0 bridgehead atoms. The number of hydrogen-bond donors (Lipinski definition) is 1. The number of ether oxygens (including phenoxy) is 1. The van der Waals surface area contributed by atoms with Gasteiger partial charge < -0.3 is 15.0 Å². The van der Waals surface area contributed by atoms with Gasteiger partial charge in [0.25, 0.3) is 5.91 Å². The maximum atomic E-state index is 12.8. The van der Waals surface area contributed by atoms with Crippen LogP contribution in [0.2, 0.25) is 0 Å². The normalized spacial score (nSPS) is 14.3. The summed E-state index contributed by atoms with van der Waals surface area (Å²) in [6.07, 6.45) is 7.67. The number of hydrogen-bond acceptors (Lipinski definition) is 5. The highest BCUT2D eigenvalue weighted by molar-refractivity contribution is 5.97. The number of benzene rings is 1. The van der Waals surface area contributed by atoms with Gasteiger partial charge >= 0.3 is 5.97 Å². The molecule has 0 radical (unpaired) electrons. The fourth-order valence-corrected chi connectivity index (χ4v) is 3.22. The molecule has 2 heterocycles. The van der Waals surface area contributed by atoms with Crippen LogP contribution in [-0.2, 0) is 4.74 Å². The molecule has 1 aromatic heterocycles. The number of nitrogens with one attached hydrogen (secondary N) is 1. The molecule has 27 heavy (non-hydrogen) atoms. The largest absolute Gasteiger partial charge is 0.462 e. The minimum Gasteiger partial charge on any atom is -0.462 e. The summed E-state index contributed by atoms with van der Waals surface area (Å²) >= 11 is 0. The van der Waals surface area contributed by atoms with Crippen molar-refractivity contribution in [2.75, 3.05) is 25.0 Å². The van der Waals surface area contributed by atoms with Crippen LogP contribution < -0.4 is 5.32 Å². The molecular weight excluding hydrogens is 342 g/mol. The number of aromatic nitrogens is 1. The molecule has 1 fully saturated rings. The molecule has 1 amide bonds. The van der Waals surface area contributed by atoms with Crippen molar-refractivity contribution in [3.8, 4) is 0 Å². The molecule has 1 aliphatic heterocycles. The average Bonchev–Trinajstić information content (AvgIpc) is 2.98. The molecule has 0 spiro atoms. The van der Waals surface area contributed by atoms with E-state index in [9.17, 15) is 9.59 Å². The molecular formula is C21H25N3O3. The number of nitrogens with zero attached hydrogens (tertiary/aromatic N) is 2. The van der Waals surface area contributed by atoms with Gasteiger partial charge in [0.15, 0.2) is 0 Å². The summed E-state index contributed by atoms with van der Waals surface area (Å²) < 4.78 is 5.10. The van der Waals surface area contributed by atoms with Crippen LogP contribution in [0.25, 0.3) is 0 Å². The van der Waals surface area contributed by atoms with Crippen LogP contribution in [0.4, 0.5) is 11.4 Å². The Balaban J connectivity index is 1.78. The van der Waals surface area contributed by atoms with Crippen LogP contribution in [0.3, 0.4) is 0 Å². The molecule has 6 heteroatoms. The van der Waals surface area contributed by atoms with Crippen LogP contribution >= 0.6 is 0 Å². The summed E-state index contributed by atoms with van der Waals surface area (Å²) in [6.45, 7) is 3.68. The number of likely N-dealkylation sites (tertiary alicyclic amines) is 1. The summed E-state index contributed by atoms with van der Waals surface area (Å²) in [6, 6.07) is 8.91. The van der Waals surface area contributed by atoms with E-state index >= 15 is 0 Å². The van der Waals surface area contributed by atoms with Crippen molar-refractivity contribution >= 4 is 23.3 Å². The van der Waals surface area contributed by atoms with Crippen molar-refractivity contribution in [2.24, 2.45) is 0 Å². The lowest BCUT2D eigenvalue weighted by Crippen LogP contribution is -2.31. The average molecular weight is 367 g/mol. The minimum absolute atomic E-state index is 0.00623. The van der Waals surface area contributed by atoms with E-state index in [2.05, 4.69) is 10.3 Å². The number of pyridine rings is 1. The van der Waals surface area contributed by atoms with Crippen molar-refractivity contribution in [2.45, 2.75) is 32.6 Å². The highest BCUT2D eigenvalue weighted by atomic mass is 16.5. The fraction of sp³-hybridized carbons (Fsp3) is 0.381. The van der Waals surface area contributed by atoms with Gasteiger partial charge in [0, 0.05) is 19.3 Å². The second-order valence-corrected chi connectivity index (χ2v) is 6.56. The van der Waals surface area contributed by atoms with E-state index in [-0.39, 0.29) is 11.9 Å². The van der Waals surface area contributed by atoms with E-state index in [0.29, 0.717) is 29.1 Å². The summed E-state index contributed by atoms with van der Waals surface area (Å²) in [5.41, 5.74) is 2.28. The first kappa shape index (κ1) is 18.9. The number of esters is 1. The van der Waals surface area contributed by atoms with E-state index in [0.717, 1.165) is 25.9 Å². The van der Waals surface area contributed by atoms with Crippen molar-refractivity contribution in [3.05, 3.63) is 53.9 Å². The Morgan fingerprint density at radius 2 is 1.85 bits per heavy atom. The van der Waals surface area contributed by atoms with Gasteiger partial charge in [0.05, 0.1) is 35.3 Å². The molecule has 1 aliphatic rings. The second kappa shape index (κ2) is 9.16. The van der Waals surface area contributed by atoms with Crippen molar-refractivity contribution in [3.63, 3.8) is 0 Å². The Bertz CT molecular complexity index is 799. The molecule has 0 unspecified atom stereocenters. The summed E-state index contributed by atoms with van der Waals surface area (Å²) in [5, 5.41) is 3.19. The Morgan fingerprint density at radius 3 is 2.59 bits per heavy atom. The Morgan fingerprint density at radius 1 is 1.11 bits per heavy atom. The Labute approximate surface area is 159 Å². The lowest BCUT2D eigenvalue weighted by molar-refractivity contribution is 0.0527. The Hall–Kier alpha value is -2.89. The van der Waals surface area contributed by atoms with E-state index in [1.54, 1.807) is 43.6 Å². The molecule has 6 nitrogen and oxygen atoms in total. The number of anilines is 2. The van der Waals surface area contributed by atoms with Crippen molar-refractivity contribution in [1.29, 1.82) is 0 Å². The van der Waals surface area contributed by atoms with E-state index in [1.165, 1.54) is 12.8 Å². The molecule has 0 saturated carbocycles. The highest BCUT2D eigenvalue weighted by Gasteiger charge is 2.18. The van der Waals surface area contributed by atoms with Crippen LogP contribution in [0.5, 0.6) is 0 Å². The second-order valence-electron chi connectivity index (χ2n) is 6.56. The van der Waals surface area contributed by atoms with Gasteiger partial charge in [-0.25, -0.2) is 4.79 Å². The van der Waals surface area contributed by atoms with Crippen LogP contribution in [-0.4, -0.2) is 41.5 Å². The van der Waals surface area contributed by atoms with Crippen molar-refractivity contribution in [1.82, 2.24) is 9.88 Å². The van der Waals surface area contributed by atoms with Gasteiger partial charge in [-0.05, 0) is 38.0 Å². The van der Waals surface area contributed by atoms with Crippen LogP contribution in [0.15, 0.2) is 42.7 Å². The first-order chi connectivity index (χ1) is 13.2. The number of para-hydroxylation sites is 1. The molecule has 1 aromatic carbocycles. The molecule has 0 atom stereocenters. The summed E-state index contributed by atoms with van der Waals surface area (Å²) in [4.78, 5) is 31.0. The Kier molecular flexibility index (Phi) is 6.41. The topological polar surface area (TPSA) is 71.5 Å². The molecule has 1 saturated heterocycles. The third-order valence-corrected chi connectivity index (χ3v) is 4.58. The number of carbonyl (C=O) groups excluding carboxylic acids is 2. The quantitative estimate of drug-likeness (QED) is 0.808. The third-order valence-electron chi connectivity index (χ3n) is 4.58. The van der Waals surface area contributed by atoms with Gasteiger partial charge in [-0.2, -0.15) is 0 Å². The summed E-state index contributed by atoms with van der Waals surface area (Å²) in [5.74, 6) is -0.378. The van der Waals surface area contributed by atoms with Crippen LogP contribution in [0, 0.1) is 0 Å². The zero-order chi connectivity index (χ0) is 19.1. The summed E-state index contributed by atoms with van der Waals surface area (Å²) in [7, 11) is 0. The first-order valence-electron chi connectivity index (χ1n) is 9.46. The minimum atomic E-state index is -0.384. The number of rotatable bonds is 5. The number of amides is 1. The SMILES string of the molecule is CCOC(=O)c1ccccc1Nc1cncc(C(=O)N2CCCCCC2)c1. The number of carbonyl (C=O) groups is 2. The van der Waals surface area contributed by atoms with E-state index < -0.39 is 0 Å². The zero-order valence-electron chi connectivity index (χ0n) is 15.6. The predicted octanol–water partition coefficient (Wildman–Crippen LogP) is 4.02. The van der Waals surface area contributed by atoms with Gasteiger partial charge in [-0.3, -0.25) is 9.78 Å². The van der Waals surface area contributed by atoms with Crippen molar-refractivity contribution < 1.29 is 14.3 Å². The van der Waals surface area contributed by atoms with Gasteiger partial charge in [-0.15, -0.1) is 0 Å². The van der Waals surface area contributed by atoms with Gasteiger partial charge in [-0.1, -0.05) is 25.0 Å². The maximum Gasteiger partial charge on any atom is 0.340 e. The van der Waals surface area contributed by atoms with Crippen LogP contribution in [0.1, 0.15) is 53.3 Å². The first-order valence-corrected chi connectivity index (χ1v) is 9.46. The van der Waals surface area contributed by atoms with E-state index in [4.69, 9.17) is 4.74 Å². The third kappa shape index (κ3) is 4.84. The van der Waals surface area contributed by atoms with Gasteiger partial charge in [0.1, 0.15) is 0 Å². The lowest BCUT2D eigenvalue weighted by Gasteiger charge is -2.20. The molecule has 142 valence electrons. The lowest BCUT2D eigenvalue weighted by atomic mass is 10.1. The molecule has 0 aliphatic carbocycles. The smallest absolute Gasteiger partial charge is 0.340 e. The maximum absolute atomic E-state index is 12.8. The zero-order valence-corrected chi connectivity index (χ0v) is 15.6. The molecule has 1 N–H and O–H groups in total. The van der Waals surface area contributed by atoms with Gasteiger partial charge in [0.2, 0.25) is 0 Å². The fourth-order valence-electron chi connectivity index (χ4n) is 3.22. The monoisotopic (exact) mass is 367 g/mol. The standard InChI is InChI=1S/C21H25N3O3/c1-2-27-21(26)18-9-5-6-10-19(18)23-17-13-16(14-22-15-17)20(25)24-11-7-3-4-8-12-24/h5-6,9-10,13-15,23H,2-4,7-8,11-12H2,1H3. The molecule has 2 aromatic rings. The highest BCUT2D eigenvalue weighted by Crippen LogP contribution is 2.22.